The van der Waals surface area contributed by atoms with Gasteiger partial charge in [-0.1, -0.05) is 30.3 Å². The summed E-state index contributed by atoms with van der Waals surface area (Å²) in [6.07, 6.45) is 5.12. The molecular weight excluding hydrogens is 542 g/mol. The van der Waals surface area contributed by atoms with Crippen molar-refractivity contribution in [2.24, 2.45) is 0 Å². The molecule has 6 rings (SSSR count). The summed E-state index contributed by atoms with van der Waals surface area (Å²) in [5.41, 5.74) is 1.24. The van der Waals surface area contributed by atoms with E-state index in [1.165, 1.54) is 13.2 Å². The number of hydrogen-bond acceptors (Lipinski definition) is 8. The molecule has 2 saturated heterocycles. The standard InChI is InChI=1S/C31H32F2N6O3/c1-20-21-5-3-6-23(22(21)8-9-25(20)32)28-27(33)29-24(19-34-28)30(36-31(35-29)41-2)39-13-11-38(12-14-39)26(40)7-4-10-37-15-17-42-18-16-37/h3-9,19H,10-18H2,1-2H3/b7-4+. The summed E-state index contributed by atoms with van der Waals surface area (Å²) < 4.78 is 41.1. The van der Waals surface area contributed by atoms with Crippen LogP contribution in [-0.2, 0) is 9.53 Å². The first kappa shape index (κ1) is 27.9. The number of carbonyl (C=O) groups is 1. The van der Waals surface area contributed by atoms with Gasteiger partial charge in [0.05, 0.1) is 25.7 Å². The Bertz CT molecular complexity index is 1670. The Kier molecular flexibility index (Phi) is 7.94. The molecule has 2 fully saturated rings. The Morgan fingerprint density at radius 3 is 2.55 bits per heavy atom. The van der Waals surface area contributed by atoms with Gasteiger partial charge < -0.3 is 19.3 Å². The highest BCUT2D eigenvalue weighted by Crippen LogP contribution is 2.36. The number of amides is 1. The molecule has 9 nitrogen and oxygen atoms in total. The van der Waals surface area contributed by atoms with E-state index in [9.17, 15) is 9.18 Å². The molecule has 0 atom stereocenters. The van der Waals surface area contributed by atoms with Crippen LogP contribution in [0.5, 0.6) is 6.01 Å². The van der Waals surface area contributed by atoms with Gasteiger partial charge in [0.25, 0.3) is 0 Å². The molecule has 0 unspecified atom stereocenters. The van der Waals surface area contributed by atoms with Gasteiger partial charge in [0, 0.05) is 63.6 Å². The topological polar surface area (TPSA) is 83.9 Å². The van der Waals surface area contributed by atoms with Gasteiger partial charge in [0.1, 0.15) is 22.8 Å². The van der Waals surface area contributed by atoms with Crippen molar-refractivity contribution in [1.82, 2.24) is 24.8 Å². The molecule has 2 aromatic heterocycles. The molecule has 0 bridgehead atoms. The fourth-order valence-corrected chi connectivity index (χ4v) is 5.56. The molecule has 0 spiro atoms. The zero-order valence-electron chi connectivity index (χ0n) is 23.6. The van der Waals surface area contributed by atoms with Crippen molar-refractivity contribution in [2.75, 3.05) is 71.0 Å². The maximum atomic E-state index is 16.2. The summed E-state index contributed by atoms with van der Waals surface area (Å²) in [7, 11) is 1.44. The number of hydrogen-bond donors (Lipinski definition) is 0. The van der Waals surface area contributed by atoms with E-state index in [1.54, 1.807) is 42.3 Å². The quantitative estimate of drug-likeness (QED) is 0.320. The minimum absolute atomic E-state index is 0.0319. The number of anilines is 1. The van der Waals surface area contributed by atoms with Crippen LogP contribution < -0.4 is 9.64 Å². The molecule has 218 valence electrons. The van der Waals surface area contributed by atoms with Crippen LogP contribution in [-0.4, -0.2) is 96.8 Å². The van der Waals surface area contributed by atoms with E-state index >= 15 is 4.39 Å². The highest BCUT2D eigenvalue weighted by Gasteiger charge is 2.26. The van der Waals surface area contributed by atoms with Crippen molar-refractivity contribution in [3.63, 3.8) is 0 Å². The molecule has 2 aliphatic rings. The number of aryl methyl sites for hydroxylation is 1. The number of methoxy groups -OCH3 is 1. The molecule has 1 amide bonds. The molecule has 4 heterocycles. The second-order valence-corrected chi connectivity index (χ2v) is 10.4. The van der Waals surface area contributed by atoms with Crippen LogP contribution in [0.15, 0.2) is 48.7 Å². The Morgan fingerprint density at radius 1 is 1.00 bits per heavy atom. The number of rotatable bonds is 6. The molecule has 0 saturated carbocycles. The lowest BCUT2D eigenvalue weighted by molar-refractivity contribution is -0.126. The molecule has 42 heavy (non-hydrogen) atoms. The van der Waals surface area contributed by atoms with E-state index < -0.39 is 5.82 Å². The Hall–Kier alpha value is -4.22. The second kappa shape index (κ2) is 11.9. The predicted molar refractivity (Wildman–Crippen MR) is 157 cm³/mol. The summed E-state index contributed by atoms with van der Waals surface area (Å²) in [6, 6.07) is 8.40. The minimum atomic E-state index is -0.608. The van der Waals surface area contributed by atoms with Crippen LogP contribution in [0.25, 0.3) is 32.9 Å². The first-order valence-corrected chi connectivity index (χ1v) is 14.0. The second-order valence-electron chi connectivity index (χ2n) is 10.4. The van der Waals surface area contributed by atoms with Gasteiger partial charge in [-0.15, -0.1) is 0 Å². The van der Waals surface area contributed by atoms with E-state index in [4.69, 9.17) is 9.47 Å². The molecule has 11 heteroatoms. The highest BCUT2D eigenvalue weighted by molar-refractivity contribution is 6.00. The molecule has 0 radical (unpaired) electrons. The molecule has 0 N–H and O–H groups in total. The van der Waals surface area contributed by atoms with Gasteiger partial charge in [-0.05, 0) is 29.3 Å². The third-order valence-corrected chi connectivity index (χ3v) is 7.96. The van der Waals surface area contributed by atoms with Crippen molar-refractivity contribution in [2.45, 2.75) is 6.92 Å². The van der Waals surface area contributed by atoms with Crippen molar-refractivity contribution < 1.29 is 23.0 Å². The van der Waals surface area contributed by atoms with Crippen LogP contribution in [0.1, 0.15) is 5.56 Å². The summed E-state index contributed by atoms with van der Waals surface area (Å²) >= 11 is 0. The summed E-state index contributed by atoms with van der Waals surface area (Å²) in [5, 5.41) is 1.84. The van der Waals surface area contributed by atoms with E-state index in [2.05, 4.69) is 19.9 Å². The van der Waals surface area contributed by atoms with Crippen molar-refractivity contribution in [1.29, 1.82) is 0 Å². The smallest absolute Gasteiger partial charge is 0.318 e. The van der Waals surface area contributed by atoms with E-state index in [-0.39, 0.29) is 28.9 Å². The Labute approximate surface area is 242 Å². The van der Waals surface area contributed by atoms with Crippen LogP contribution >= 0.6 is 0 Å². The predicted octanol–water partition coefficient (Wildman–Crippen LogP) is 3.98. The first-order chi connectivity index (χ1) is 20.4. The Balaban J connectivity index is 1.25. The zero-order valence-corrected chi connectivity index (χ0v) is 23.6. The van der Waals surface area contributed by atoms with Crippen molar-refractivity contribution in [3.05, 3.63) is 65.9 Å². The number of aromatic nitrogens is 3. The van der Waals surface area contributed by atoms with Gasteiger partial charge >= 0.3 is 6.01 Å². The van der Waals surface area contributed by atoms with Gasteiger partial charge in [0.2, 0.25) is 5.91 Å². The van der Waals surface area contributed by atoms with E-state index in [1.807, 2.05) is 17.0 Å². The number of fused-ring (bicyclic) bond motifs is 2. The van der Waals surface area contributed by atoms with E-state index in [0.29, 0.717) is 59.3 Å². The van der Waals surface area contributed by atoms with Crippen molar-refractivity contribution in [3.8, 4) is 17.3 Å². The summed E-state index contributed by atoms with van der Waals surface area (Å²) in [6.45, 7) is 7.60. The average molecular weight is 575 g/mol. The van der Waals surface area contributed by atoms with Crippen LogP contribution in [0.3, 0.4) is 0 Å². The number of piperazine rings is 1. The third kappa shape index (κ3) is 5.37. The number of benzene rings is 2. The fraction of sp³-hybridized carbons (Fsp3) is 0.355. The molecular formula is C31H32F2N6O3. The minimum Gasteiger partial charge on any atom is -0.467 e. The largest absolute Gasteiger partial charge is 0.467 e. The van der Waals surface area contributed by atoms with Gasteiger partial charge in [0.15, 0.2) is 5.82 Å². The normalized spacial score (nSPS) is 16.6. The lowest BCUT2D eigenvalue weighted by Gasteiger charge is -2.35. The molecule has 2 aromatic carbocycles. The third-order valence-electron chi connectivity index (χ3n) is 7.96. The van der Waals surface area contributed by atoms with Gasteiger partial charge in [-0.3, -0.25) is 14.7 Å². The number of carbonyl (C=O) groups excluding carboxylic acids is 1. The monoisotopic (exact) mass is 574 g/mol. The lowest BCUT2D eigenvalue weighted by atomic mass is 9.97. The molecule has 4 aromatic rings. The van der Waals surface area contributed by atoms with Gasteiger partial charge in [-0.2, -0.15) is 9.97 Å². The van der Waals surface area contributed by atoms with Gasteiger partial charge in [-0.25, -0.2) is 8.78 Å². The highest BCUT2D eigenvalue weighted by atomic mass is 19.1. The zero-order chi connectivity index (χ0) is 29.2. The van der Waals surface area contributed by atoms with Crippen LogP contribution in [0, 0.1) is 18.6 Å². The first-order valence-electron chi connectivity index (χ1n) is 14.0. The van der Waals surface area contributed by atoms with Crippen LogP contribution in [0.2, 0.25) is 0 Å². The maximum absolute atomic E-state index is 16.2. The van der Waals surface area contributed by atoms with Crippen LogP contribution in [0.4, 0.5) is 14.6 Å². The number of nitrogens with zero attached hydrogens (tertiary/aromatic N) is 6. The molecule has 0 aliphatic carbocycles. The van der Waals surface area contributed by atoms with Crippen molar-refractivity contribution >= 4 is 33.4 Å². The maximum Gasteiger partial charge on any atom is 0.318 e. The van der Waals surface area contributed by atoms with E-state index in [0.717, 1.165) is 32.8 Å². The Morgan fingerprint density at radius 2 is 1.79 bits per heavy atom. The molecule has 2 aliphatic heterocycles. The summed E-state index contributed by atoms with van der Waals surface area (Å²) in [4.78, 5) is 32.2. The average Bonchev–Trinajstić information content (AvgIpc) is 3.03. The number of pyridine rings is 1. The SMILES string of the molecule is COc1nc(N2CCN(C(=O)/C=C/CN3CCOCC3)CC2)c2cnc(-c3cccc4c(C)c(F)ccc34)c(F)c2n1. The lowest BCUT2D eigenvalue weighted by Crippen LogP contribution is -2.48. The summed E-state index contributed by atoms with van der Waals surface area (Å²) in [5.74, 6) is -0.459. The number of morpholine rings is 1. The number of halogens is 2. The number of ether oxygens (including phenoxy) is 2. The fourth-order valence-electron chi connectivity index (χ4n) is 5.56.